The zero-order valence-corrected chi connectivity index (χ0v) is 16.3. The van der Waals surface area contributed by atoms with Crippen LogP contribution in [-0.4, -0.2) is 86.7 Å². The number of esters is 1. The summed E-state index contributed by atoms with van der Waals surface area (Å²) in [5.41, 5.74) is 5.97. The van der Waals surface area contributed by atoms with Crippen molar-refractivity contribution in [1.29, 1.82) is 0 Å². The Morgan fingerprint density at radius 1 is 1.20 bits per heavy atom. The molecule has 0 radical (unpaired) electrons. The molecule has 3 rings (SSSR count). The van der Waals surface area contributed by atoms with Crippen molar-refractivity contribution < 1.29 is 36.6 Å². The van der Waals surface area contributed by atoms with Gasteiger partial charge in [0.2, 0.25) is 5.91 Å². The van der Waals surface area contributed by atoms with Crippen molar-refractivity contribution in [3.8, 4) is 0 Å². The fourth-order valence-electron chi connectivity index (χ4n) is 3.86. The number of hydrazine groups is 1. The number of rotatable bonds is 5. The quantitative estimate of drug-likeness (QED) is 0.260. The second-order valence-corrected chi connectivity index (χ2v) is 7.42. The molecule has 3 aliphatic rings. The molecule has 1 amide bonds. The number of piperidine rings is 1. The van der Waals surface area contributed by atoms with Gasteiger partial charge in [-0.1, -0.05) is 0 Å². The van der Waals surface area contributed by atoms with Crippen LogP contribution < -0.4 is 26.8 Å². The van der Waals surface area contributed by atoms with E-state index in [1.807, 2.05) is 0 Å². The minimum atomic E-state index is -5.09. The Hall–Kier alpha value is -1.58. The van der Waals surface area contributed by atoms with Crippen LogP contribution >= 0.6 is 0 Å². The molecule has 172 valence electrons. The summed E-state index contributed by atoms with van der Waals surface area (Å²) in [5.74, 6) is -1.43. The molecule has 3 aliphatic heterocycles. The lowest BCUT2D eigenvalue weighted by Gasteiger charge is -2.39. The lowest BCUT2D eigenvalue weighted by molar-refractivity contribution is -0.355. The van der Waals surface area contributed by atoms with Crippen LogP contribution in [0.15, 0.2) is 0 Å². The van der Waals surface area contributed by atoms with Crippen LogP contribution in [0.4, 0.5) is 17.6 Å². The minimum absolute atomic E-state index is 0.0544. The number of hydrogen-bond donors (Lipinski definition) is 5. The molecule has 0 aliphatic carbocycles. The molecule has 5 N–H and O–H groups in total. The average Bonchev–Trinajstić information content (AvgIpc) is 3.23. The van der Waals surface area contributed by atoms with Gasteiger partial charge in [-0.15, -0.1) is 13.2 Å². The zero-order valence-electron chi connectivity index (χ0n) is 16.3. The zero-order chi connectivity index (χ0) is 21.9. The summed E-state index contributed by atoms with van der Waals surface area (Å²) in [6, 6.07) is -3.13. The van der Waals surface area contributed by atoms with Crippen molar-refractivity contribution in [3.63, 3.8) is 0 Å². The molecule has 3 heterocycles. The third kappa shape index (κ3) is 5.76. The molecule has 3 saturated heterocycles. The summed E-state index contributed by atoms with van der Waals surface area (Å²) in [7, 11) is 1.05. The van der Waals surface area contributed by atoms with Crippen LogP contribution in [0.25, 0.3) is 0 Å². The Kier molecular flexibility index (Phi) is 7.47. The van der Waals surface area contributed by atoms with Gasteiger partial charge in [0.05, 0.1) is 19.3 Å². The Morgan fingerprint density at radius 2 is 1.97 bits per heavy atom. The second kappa shape index (κ2) is 9.70. The monoisotopic (exact) mass is 442 g/mol. The summed E-state index contributed by atoms with van der Waals surface area (Å²) < 4.78 is 60.0. The number of carbonyl (C=O) groups is 2. The van der Waals surface area contributed by atoms with Gasteiger partial charge in [0.1, 0.15) is 24.5 Å². The molecule has 0 spiro atoms. The number of amides is 1. The number of ether oxygens (including phenoxy) is 2. The van der Waals surface area contributed by atoms with Crippen molar-refractivity contribution in [3.05, 3.63) is 0 Å². The standard InChI is InChI=1S/C16H26F4N6O4/c1-29-15(28)12-10(6-8(17)14(23-12)30-16(18,19)20)22-13(27)9-2-3-11(25-24-9)26-5-4-21-7-26/h8-12,14,21,23-25H,2-7H2,1H3,(H,22,27). The van der Waals surface area contributed by atoms with Gasteiger partial charge >= 0.3 is 12.3 Å². The molecule has 0 bridgehead atoms. The Labute approximate surface area is 170 Å². The summed E-state index contributed by atoms with van der Waals surface area (Å²) in [6.45, 7) is 2.50. The molecule has 6 unspecified atom stereocenters. The maximum Gasteiger partial charge on any atom is 0.524 e. The predicted octanol–water partition coefficient (Wildman–Crippen LogP) is -1.35. The van der Waals surface area contributed by atoms with Crippen molar-refractivity contribution in [2.45, 2.75) is 62.3 Å². The third-order valence-corrected chi connectivity index (χ3v) is 5.40. The third-order valence-electron chi connectivity index (χ3n) is 5.40. The van der Waals surface area contributed by atoms with Crippen LogP contribution in [0, 0.1) is 0 Å². The van der Waals surface area contributed by atoms with E-state index in [-0.39, 0.29) is 6.17 Å². The molecule has 0 aromatic heterocycles. The number of nitrogens with one attached hydrogen (secondary N) is 5. The van der Waals surface area contributed by atoms with E-state index in [1.165, 1.54) is 0 Å². The molecular formula is C16H26F4N6O4. The highest BCUT2D eigenvalue weighted by Crippen LogP contribution is 2.26. The molecule has 10 nitrogen and oxygen atoms in total. The van der Waals surface area contributed by atoms with E-state index >= 15 is 0 Å². The number of nitrogens with zero attached hydrogens (tertiary/aromatic N) is 1. The maximum absolute atomic E-state index is 14.3. The van der Waals surface area contributed by atoms with Crippen LogP contribution in [0.1, 0.15) is 19.3 Å². The van der Waals surface area contributed by atoms with E-state index in [4.69, 9.17) is 0 Å². The highest BCUT2D eigenvalue weighted by molar-refractivity contribution is 5.84. The lowest BCUT2D eigenvalue weighted by atomic mass is 9.95. The van der Waals surface area contributed by atoms with Crippen LogP contribution in [0.3, 0.4) is 0 Å². The van der Waals surface area contributed by atoms with Gasteiger partial charge < -0.3 is 15.4 Å². The van der Waals surface area contributed by atoms with E-state index in [0.717, 1.165) is 26.9 Å². The number of methoxy groups -OCH3 is 1. The van der Waals surface area contributed by atoms with Gasteiger partial charge in [0, 0.05) is 26.2 Å². The number of carbonyl (C=O) groups excluding carboxylic acids is 2. The molecule has 30 heavy (non-hydrogen) atoms. The molecule has 14 heteroatoms. The van der Waals surface area contributed by atoms with Crippen LogP contribution in [0.2, 0.25) is 0 Å². The summed E-state index contributed by atoms with van der Waals surface area (Å²) >= 11 is 0. The Balaban J connectivity index is 1.57. The molecule has 0 aromatic rings. The first-order valence-electron chi connectivity index (χ1n) is 9.66. The minimum Gasteiger partial charge on any atom is -0.468 e. The molecule has 3 fully saturated rings. The second-order valence-electron chi connectivity index (χ2n) is 7.42. The first-order chi connectivity index (χ1) is 14.2. The van der Waals surface area contributed by atoms with Gasteiger partial charge in [0.25, 0.3) is 0 Å². The predicted molar refractivity (Wildman–Crippen MR) is 94.0 cm³/mol. The normalized spacial score (nSPS) is 35.8. The number of halogens is 4. The highest BCUT2D eigenvalue weighted by atomic mass is 19.4. The summed E-state index contributed by atoms with van der Waals surface area (Å²) in [4.78, 5) is 26.8. The van der Waals surface area contributed by atoms with Crippen molar-refractivity contribution in [1.82, 2.24) is 31.7 Å². The largest absolute Gasteiger partial charge is 0.524 e. The Morgan fingerprint density at radius 3 is 2.53 bits per heavy atom. The fourth-order valence-corrected chi connectivity index (χ4v) is 3.86. The smallest absolute Gasteiger partial charge is 0.468 e. The van der Waals surface area contributed by atoms with Crippen LogP contribution in [-0.2, 0) is 19.1 Å². The maximum atomic E-state index is 14.3. The lowest BCUT2D eigenvalue weighted by Crippen LogP contribution is -2.67. The van der Waals surface area contributed by atoms with E-state index in [9.17, 15) is 27.2 Å². The first kappa shape index (κ1) is 23.1. The van der Waals surface area contributed by atoms with Gasteiger partial charge in [0.15, 0.2) is 0 Å². The van der Waals surface area contributed by atoms with Crippen molar-refractivity contribution in [2.24, 2.45) is 0 Å². The Bertz CT molecular complexity index is 613. The van der Waals surface area contributed by atoms with E-state index in [2.05, 4.69) is 41.2 Å². The average molecular weight is 442 g/mol. The van der Waals surface area contributed by atoms with Crippen molar-refractivity contribution >= 4 is 11.9 Å². The molecule has 0 saturated carbocycles. The van der Waals surface area contributed by atoms with E-state index in [0.29, 0.717) is 12.8 Å². The topological polar surface area (TPSA) is 116 Å². The molecule has 0 aromatic carbocycles. The highest BCUT2D eigenvalue weighted by Gasteiger charge is 2.47. The number of hydrogen-bond acceptors (Lipinski definition) is 9. The van der Waals surface area contributed by atoms with Gasteiger partial charge in [-0.2, -0.15) is 0 Å². The first-order valence-corrected chi connectivity index (χ1v) is 9.66. The fraction of sp³-hybridized carbons (Fsp3) is 0.875. The van der Waals surface area contributed by atoms with Crippen molar-refractivity contribution in [2.75, 3.05) is 26.9 Å². The molecular weight excluding hydrogens is 416 g/mol. The summed E-state index contributed by atoms with van der Waals surface area (Å²) in [6.07, 6.45) is -8.57. The van der Waals surface area contributed by atoms with E-state index in [1.54, 1.807) is 0 Å². The summed E-state index contributed by atoms with van der Waals surface area (Å²) in [5, 5.41) is 7.91. The van der Waals surface area contributed by atoms with Crippen LogP contribution in [0.5, 0.6) is 0 Å². The molecule has 6 atom stereocenters. The number of alkyl halides is 4. The van der Waals surface area contributed by atoms with Gasteiger partial charge in [-0.25, -0.2) is 15.2 Å². The van der Waals surface area contributed by atoms with E-state index < -0.39 is 55.2 Å². The van der Waals surface area contributed by atoms with Gasteiger partial charge in [-0.3, -0.25) is 24.5 Å². The SMILES string of the molecule is COC(=O)C1NC(OC(F)(F)F)C(F)CC1NC(=O)C1CCC(N2CCNC2)NN1. The van der Waals surface area contributed by atoms with Gasteiger partial charge in [-0.05, 0) is 12.8 Å².